The zero-order valence-corrected chi connectivity index (χ0v) is 12.4. The average Bonchev–Trinajstić information content (AvgIpc) is 3.05. The van der Waals surface area contributed by atoms with E-state index in [4.69, 9.17) is 5.11 Å². The number of rotatable bonds is 5. The molecule has 0 aliphatic carbocycles. The maximum Gasteiger partial charge on any atom is 0.328 e. The minimum Gasteiger partial charge on any atom is -0.478 e. The van der Waals surface area contributed by atoms with Crippen molar-refractivity contribution >= 4 is 29.3 Å². The standard InChI is InChI=1S/C14H15N3O3S/c1-8-5-12(21-11(8)3-4-13(18)19)14(20)17-9(2)10-6-15-16-7-10/h3-7,9H,1-2H3,(H,15,16)(H,17,20)(H,18,19)/b4-3+. The van der Waals surface area contributed by atoms with E-state index in [-0.39, 0.29) is 11.9 Å². The van der Waals surface area contributed by atoms with Gasteiger partial charge in [0.05, 0.1) is 17.1 Å². The summed E-state index contributed by atoms with van der Waals surface area (Å²) in [4.78, 5) is 24.0. The number of carboxylic acid groups (broad SMARTS) is 1. The van der Waals surface area contributed by atoms with Crippen molar-refractivity contribution in [2.75, 3.05) is 0 Å². The van der Waals surface area contributed by atoms with Crippen molar-refractivity contribution in [3.63, 3.8) is 0 Å². The summed E-state index contributed by atoms with van der Waals surface area (Å²) in [5.74, 6) is -1.20. The Kier molecular flexibility index (Phi) is 4.54. The lowest BCUT2D eigenvalue weighted by atomic mass is 10.2. The predicted octanol–water partition coefficient (Wildman–Crippen LogP) is 2.37. The molecule has 2 aromatic heterocycles. The van der Waals surface area contributed by atoms with Gasteiger partial charge in [-0.05, 0) is 31.6 Å². The SMILES string of the molecule is Cc1cc(C(=O)NC(C)c2cn[nH]c2)sc1/C=C/C(=O)O. The Bertz CT molecular complexity index is 674. The number of carbonyl (C=O) groups excluding carboxylic acids is 1. The van der Waals surface area contributed by atoms with Crippen LogP contribution in [0.3, 0.4) is 0 Å². The zero-order chi connectivity index (χ0) is 15.4. The first-order valence-corrected chi connectivity index (χ1v) is 7.10. The van der Waals surface area contributed by atoms with Gasteiger partial charge in [0, 0.05) is 22.7 Å². The molecule has 1 amide bonds. The van der Waals surface area contributed by atoms with Crippen LogP contribution >= 0.6 is 11.3 Å². The second-order valence-corrected chi connectivity index (χ2v) is 5.64. The van der Waals surface area contributed by atoms with Gasteiger partial charge in [0.1, 0.15) is 0 Å². The van der Waals surface area contributed by atoms with Crippen LogP contribution in [-0.2, 0) is 4.79 Å². The van der Waals surface area contributed by atoms with E-state index in [0.29, 0.717) is 4.88 Å². The lowest BCUT2D eigenvalue weighted by Crippen LogP contribution is -2.25. The fraction of sp³-hybridized carbons (Fsp3) is 0.214. The minimum atomic E-state index is -1.01. The molecule has 0 aliphatic heterocycles. The Labute approximate surface area is 125 Å². The largest absolute Gasteiger partial charge is 0.478 e. The number of hydrogen-bond acceptors (Lipinski definition) is 4. The van der Waals surface area contributed by atoms with Gasteiger partial charge in [0.15, 0.2) is 0 Å². The van der Waals surface area contributed by atoms with E-state index in [1.807, 2.05) is 13.8 Å². The quantitative estimate of drug-likeness (QED) is 0.739. The van der Waals surface area contributed by atoms with Crippen LogP contribution in [0.4, 0.5) is 0 Å². The van der Waals surface area contributed by atoms with E-state index in [0.717, 1.165) is 22.1 Å². The molecule has 1 atom stereocenters. The third-order valence-corrected chi connectivity index (χ3v) is 4.13. The van der Waals surface area contributed by atoms with Gasteiger partial charge in [-0.2, -0.15) is 5.10 Å². The van der Waals surface area contributed by atoms with Crippen LogP contribution < -0.4 is 5.32 Å². The minimum absolute atomic E-state index is 0.156. The van der Waals surface area contributed by atoms with Gasteiger partial charge in [-0.3, -0.25) is 9.89 Å². The molecule has 0 fully saturated rings. The Morgan fingerprint density at radius 3 is 2.90 bits per heavy atom. The van der Waals surface area contributed by atoms with Gasteiger partial charge in [-0.25, -0.2) is 4.79 Å². The lowest BCUT2D eigenvalue weighted by molar-refractivity contribution is -0.131. The molecule has 110 valence electrons. The van der Waals surface area contributed by atoms with E-state index in [1.165, 1.54) is 17.4 Å². The molecule has 0 aromatic carbocycles. The van der Waals surface area contributed by atoms with Gasteiger partial charge < -0.3 is 10.4 Å². The van der Waals surface area contributed by atoms with Crippen molar-refractivity contribution < 1.29 is 14.7 Å². The Balaban J connectivity index is 2.09. The van der Waals surface area contributed by atoms with E-state index in [9.17, 15) is 9.59 Å². The average molecular weight is 305 g/mol. The van der Waals surface area contributed by atoms with Gasteiger partial charge in [-0.15, -0.1) is 11.3 Å². The number of aromatic amines is 1. The molecular formula is C14H15N3O3S. The summed E-state index contributed by atoms with van der Waals surface area (Å²) in [5, 5.41) is 18.1. The summed E-state index contributed by atoms with van der Waals surface area (Å²) in [6, 6.07) is 1.60. The fourth-order valence-corrected chi connectivity index (χ4v) is 2.75. The number of H-pyrrole nitrogens is 1. The summed E-state index contributed by atoms with van der Waals surface area (Å²) < 4.78 is 0. The molecule has 0 radical (unpaired) electrons. The molecule has 0 saturated carbocycles. The highest BCUT2D eigenvalue weighted by Gasteiger charge is 2.15. The number of thiophene rings is 1. The fourth-order valence-electron chi connectivity index (χ4n) is 1.77. The third kappa shape index (κ3) is 3.79. The summed E-state index contributed by atoms with van der Waals surface area (Å²) in [6.07, 6.45) is 5.95. The maximum atomic E-state index is 12.2. The summed E-state index contributed by atoms with van der Waals surface area (Å²) in [5.41, 5.74) is 1.77. The van der Waals surface area contributed by atoms with Crippen molar-refractivity contribution in [3.05, 3.63) is 45.4 Å². The molecular weight excluding hydrogens is 290 g/mol. The first-order valence-electron chi connectivity index (χ1n) is 6.28. The number of aromatic nitrogens is 2. The van der Waals surface area contributed by atoms with Gasteiger partial charge in [0.25, 0.3) is 5.91 Å². The molecule has 3 N–H and O–H groups in total. The number of hydrogen-bond donors (Lipinski definition) is 3. The van der Waals surface area contributed by atoms with Crippen LogP contribution in [0, 0.1) is 6.92 Å². The van der Waals surface area contributed by atoms with Crippen molar-refractivity contribution in [3.8, 4) is 0 Å². The molecule has 0 saturated heterocycles. The highest BCUT2D eigenvalue weighted by molar-refractivity contribution is 7.15. The maximum absolute atomic E-state index is 12.2. The topological polar surface area (TPSA) is 95.1 Å². The molecule has 0 aliphatic rings. The van der Waals surface area contributed by atoms with Crippen LogP contribution in [-0.4, -0.2) is 27.2 Å². The van der Waals surface area contributed by atoms with E-state index in [2.05, 4.69) is 15.5 Å². The molecule has 0 spiro atoms. The van der Waals surface area contributed by atoms with Crippen LogP contribution in [0.25, 0.3) is 6.08 Å². The highest BCUT2D eigenvalue weighted by atomic mass is 32.1. The number of carboxylic acids is 1. The first-order chi connectivity index (χ1) is 9.97. The summed E-state index contributed by atoms with van der Waals surface area (Å²) >= 11 is 1.26. The molecule has 2 aromatic rings. The van der Waals surface area contributed by atoms with Crippen molar-refractivity contribution in [2.45, 2.75) is 19.9 Å². The normalized spacial score (nSPS) is 12.5. The Morgan fingerprint density at radius 1 is 1.52 bits per heavy atom. The van der Waals surface area contributed by atoms with Gasteiger partial charge >= 0.3 is 5.97 Å². The molecule has 6 nitrogen and oxygen atoms in total. The number of aliphatic carboxylic acids is 1. The second kappa shape index (κ2) is 6.36. The molecule has 2 rings (SSSR count). The number of nitrogens with one attached hydrogen (secondary N) is 2. The van der Waals surface area contributed by atoms with Crippen molar-refractivity contribution in [1.82, 2.24) is 15.5 Å². The van der Waals surface area contributed by atoms with Gasteiger partial charge in [0.2, 0.25) is 0 Å². The van der Waals surface area contributed by atoms with Crippen molar-refractivity contribution in [2.24, 2.45) is 0 Å². The number of amides is 1. The third-order valence-electron chi connectivity index (χ3n) is 2.92. The number of nitrogens with zero attached hydrogens (tertiary/aromatic N) is 1. The van der Waals surface area contributed by atoms with E-state index < -0.39 is 5.97 Å². The van der Waals surface area contributed by atoms with Crippen LogP contribution in [0.1, 0.15) is 38.6 Å². The highest BCUT2D eigenvalue weighted by Crippen LogP contribution is 2.24. The predicted molar refractivity (Wildman–Crippen MR) is 80.2 cm³/mol. The van der Waals surface area contributed by atoms with E-state index >= 15 is 0 Å². The Morgan fingerprint density at radius 2 is 2.29 bits per heavy atom. The number of carbonyl (C=O) groups is 2. The molecule has 1 unspecified atom stereocenters. The lowest BCUT2D eigenvalue weighted by Gasteiger charge is -2.10. The first kappa shape index (κ1) is 15.0. The van der Waals surface area contributed by atoms with Gasteiger partial charge in [-0.1, -0.05) is 0 Å². The molecule has 2 heterocycles. The summed E-state index contributed by atoms with van der Waals surface area (Å²) in [7, 11) is 0. The zero-order valence-electron chi connectivity index (χ0n) is 11.6. The van der Waals surface area contributed by atoms with Crippen LogP contribution in [0.5, 0.6) is 0 Å². The van der Waals surface area contributed by atoms with Crippen LogP contribution in [0.2, 0.25) is 0 Å². The molecule has 0 bridgehead atoms. The Hall–Kier alpha value is -2.41. The smallest absolute Gasteiger partial charge is 0.328 e. The molecule has 21 heavy (non-hydrogen) atoms. The van der Waals surface area contributed by atoms with E-state index in [1.54, 1.807) is 18.5 Å². The molecule has 7 heteroatoms. The summed E-state index contributed by atoms with van der Waals surface area (Å²) in [6.45, 7) is 3.71. The van der Waals surface area contributed by atoms with Crippen molar-refractivity contribution in [1.29, 1.82) is 0 Å². The monoisotopic (exact) mass is 305 g/mol. The van der Waals surface area contributed by atoms with Crippen LogP contribution in [0.15, 0.2) is 24.5 Å². The second-order valence-electron chi connectivity index (χ2n) is 4.56. The number of aryl methyl sites for hydroxylation is 1.